The normalized spacial score (nSPS) is 15.8. The van der Waals surface area contributed by atoms with Gasteiger partial charge in [0.1, 0.15) is 11.3 Å². The van der Waals surface area contributed by atoms with Gasteiger partial charge < -0.3 is 26.7 Å². The van der Waals surface area contributed by atoms with Crippen molar-refractivity contribution in [1.82, 2.24) is 0 Å². The van der Waals surface area contributed by atoms with Gasteiger partial charge in [-0.25, -0.2) is 4.79 Å². The van der Waals surface area contributed by atoms with E-state index in [1.807, 2.05) is 6.92 Å². The summed E-state index contributed by atoms with van der Waals surface area (Å²) in [5, 5.41) is 0. The molecule has 0 saturated heterocycles. The summed E-state index contributed by atoms with van der Waals surface area (Å²) in [6.45, 7) is 10.6. The smallest absolute Gasteiger partial charge is 0.355 e. The van der Waals surface area contributed by atoms with Crippen LogP contribution in [0.15, 0.2) is 11.4 Å². The zero-order valence-electron chi connectivity index (χ0n) is 23.4. The van der Waals surface area contributed by atoms with Gasteiger partial charge in [0.15, 0.2) is 11.6 Å². The Hall–Kier alpha value is -2.42. The van der Waals surface area contributed by atoms with E-state index < -0.39 is 57.9 Å². The van der Waals surface area contributed by atoms with Gasteiger partial charge in [0.2, 0.25) is 5.41 Å². The van der Waals surface area contributed by atoms with Crippen LogP contribution in [-0.4, -0.2) is 42.3 Å². The van der Waals surface area contributed by atoms with Gasteiger partial charge in [0.25, 0.3) is 0 Å². The molecule has 0 aromatic rings. The summed E-state index contributed by atoms with van der Waals surface area (Å²) < 4.78 is 10.2. The number of carbonyl (C=O) groups excluding carboxylic acids is 4. The molecule has 0 aromatic carbocycles. The highest BCUT2D eigenvalue weighted by Gasteiger charge is 2.59. The number of nitrogens with two attached hydrogens (primary N) is 3. The molecule has 0 bridgehead atoms. The molecule has 0 amide bonds. The molecule has 0 rings (SSSR count). The van der Waals surface area contributed by atoms with Crippen molar-refractivity contribution in [3.63, 3.8) is 0 Å². The van der Waals surface area contributed by atoms with Gasteiger partial charge in [-0.2, -0.15) is 0 Å². The Morgan fingerprint density at radius 2 is 1.39 bits per heavy atom. The Labute approximate surface area is 216 Å². The molecule has 208 valence electrons. The van der Waals surface area contributed by atoms with Gasteiger partial charge in [0, 0.05) is 18.4 Å². The third-order valence-corrected chi connectivity index (χ3v) is 6.16. The number of ketones is 2. The molecule has 0 aliphatic heterocycles. The lowest BCUT2D eigenvalue weighted by Gasteiger charge is -2.35. The van der Waals surface area contributed by atoms with Crippen LogP contribution in [0.3, 0.4) is 0 Å². The largest absolute Gasteiger partial charge is 0.464 e. The Kier molecular flexibility index (Phi) is 14.6. The summed E-state index contributed by atoms with van der Waals surface area (Å²) in [5.41, 5.74) is 13.5. The standard InChI is InChI=1S/C27H49N3O6/c1-8-10-12-14-15-18(3)23(32)27(25(34)36-26(4,5)6,22(30)21(29)24(33)35-7)20(31)17-19(28)16-13-11-9-2/h18-19H,8-17,28-30H2,1-7H3/t18?,19-,27-/m0/s1. The number of rotatable bonds is 17. The molecule has 1 unspecified atom stereocenters. The van der Waals surface area contributed by atoms with E-state index in [0.717, 1.165) is 52.1 Å². The molecule has 0 radical (unpaired) electrons. The van der Waals surface area contributed by atoms with Crippen molar-refractivity contribution in [3.8, 4) is 0 Å². The second-order valence-corrected chi connectivity index (χ2v) is 10.6. The van der Waals surface area contributed by atoms with Gasteiger partial charge in [-0.1, -0.05) is 65.7 Å². The van der Waals surface area contributed by atoms with Crippen LogP contribution in [0.4, 0.5) is 0 Å². The van der Waals surface area contributed by atoms with Crippen LogP contribution in [0.1, 0.15) is 106 Å². The number of esters is 2. The molecule has 36 heavy (non-hydrogen) atoms. The minimum atomic E-state index is -2.60. The van der Waals surface area contributed by atoms with Crippen molar-refractivity contribution < 1.29 is 28.7 Å². The van der Waals surface area contributed by atoms with E-state index in [9.17, 15) is 19.2 Å². The summed E-state index contributed by atoms with van der Waals surface area (Å²) in [6, 6.07) is -0.606. The lowest BCUT2D eigenvalue weighted by molar-refractivity contribution is -0.171. The summed E-state index contributed by atoms with van der Waals surface area (Å²) >= 11 is 0. The van der Waals surface area contributed by atoms with Crippen LogP contribution in [0.5, 0.6) is 0 Å². The molecule has 0 aliphatic rings. The van der Waals surface area contributed by atoms with Gasteiger partial charge in [-0.05, 0) is 33.6 Å². The Morgan fingerprint density at radius 3 is 1.89 bits per heavy atom. The van der Waals surface area contributed by atoms with Crippen molar-refractivity contribution >= 4 is 23.5 Å². The zero-order valence-corrected chi connectivity index (χ0v) is 23.4. The molecule has 9 nitrogen and oxygen atoms in total. The van der Waals surface area contributed by atoms with Crippen LogP contribution < -0.4 is 17.2 Å². The number of methoxy groups -OCH3 is 1. The molecule has 0 spiro atoms. The monoisotopic (exact) mass is 511 g/mol. The minimum Gasteiger partial charge on any atom is -0.464 e. The third kappa shape index (κ3) is 9.56. The molecular formula is C27H49N3O6. The Balaban J connectivity index is 6.77. The molecule has 0 heterocycles. The van der Waals surface area contributed by atoms with E-state index in [2.05, 4.69) is 11.7 Å². The van der Waals surface area contributed by atoms with Crippen LogP contribution in [0.2, 0.25) is 0 Å². The van der Waals surface area contributed by atoms with E-state index in [0.29, 0.717) is 12.8 Å². The quantitative estimate of drug-likeness (QED) is 0.114. The number of unbranched alkanes of at least 4 members (excludes halogenated alkanes) is 5. The van der Waals surface area contributed by atoms with Crippen LogP contribution in [0, 0.1) is 11.3 Å². The van der Waals surface area contributed by atoms with Gasteiger partial charge in [-0.15, -0.1) is 0 Å². The first kappa shape index (κ1) is 33.6. The van der Waals surface area contributed by atoms with E-state index in [-0.39, 0.29) is 6.42 Å². The van der Waals surface area contributed by atoms with Gasteiger partial charge >= 0.3 is 11.9 Å². The predicted octanol–water partition coefficient (Wildman–Crippen LogP) is 3.66. The number of carbonyl (C=O) groups is 4. The van der Waals surface area contributed by atoms with Crippen molar-refractivity contribution in [3.05, 3.63) is 11.4 Å². The molecule has 0 fully saturated rings. The average Bonchev–Trinajstić information content (AvgIpc) is 2.79. The zero-order chi connectivity index (χ0) is 28.1. The first-order chi connectivity index (χ1) is 16.7. The minimum absolute atomic E-state index is 0.299. The Morgan fingerprint density at radius 1 is 0.861 bits per heavy atom. The first-order valence-corrected chi connectivity index (χ1v) is 13.1. The van der Waals surface area contributed by atoms with Crippen LogP contribution >= 0.6 is 0 Å². The molecular weight excluding hydrogens is 462 g/mol. The summed E-state index contributed by atoms with van der Waals surface area (Å²) in [6.07, 6.45) is 7.02. The average molecular weight is 512 g/mol. The van der Waals surface area contributed by atoms with Gasteiger partial charge in [0.05, 0.1) is 12.8 Å². The van der Waals surface area contributed by atoms with Crippen molar-refractivity contribution in [2.24, 2.45) is 28.5 Å². The fourth-order valence-electron chi connectivity index (χ4n) is 4.05. The van der Waals surface area contributed by atoms with Crippen molar-refractivity contribution in [1.29, 1.82) is 0 Å². The topological polar surface area (TPSA) is 165 Å². The summed E-state index contributed by atoms with van der Waals surface area (Å²) in [7, 11) is 1.08. The second-order valence-electron chi connectivity index (χ2n) is 10.6. The molecule has 6 N–H and O–H groups in total. The summed E-state index contributed by atoms with van der Waals surface area (Å²) in [4.78, 5) is 53.9. The first-order valence-electron chi connectivity index (χ1n) is 13.1. The lowest BCUT2D eigenvalue weighted by atomic mass is 9.69. The second kappa shape index (κ2) is 15.6. The number of Topliss-reactive ketones (excluding diaryl/α,β-unsaturated/α-hetero) is 2. The SMILES string of the molecule is CCCCCCC(C)C(=O)[C@@](C(=O)C[C@@H](N)CCCCC)(C(=O)OC(C)(C)C)C(N)=C(N)C(=O)OC. The van der Waals surface area contributed by atoms with E-state index in [1.54, 1.807) is 27.7 Å². The molecule has 0 saturated carbocycles. The van der Waals surface area contributed by atoms with Crippen molar-refractivity contribution in [2.45, 2.75) is 117 Å². The van der Waals surface area contributed by atoms with Crippen LogP contribution in [-0.2, 0) is 28.7 Å². The fourth-order valence-corrected chi connectivity index (χ4v) is 4.05. The van der Waals surface area contributed by atoms with Crippen LogP contribution in [0.25, 0.3) is 0 Å². The maximum atomic E-state index is 14.0. The molecule has 0 aliphatic carbocycles. The maximum Gasteiger partial charge on any atom is 0.355 e. The number of ether oxygens (including phenoxy) is 2. The van der Waals surface area contributed by atoms with Crippen molar-refractivity contribution in [2.75, 3.05) is 7.11 Å². The van der Waals surface area contributed by atoms with E-state index >= 15 is 0 Å². The van der Waals surface area contributed by atoms with E-state index in [1.165, 1.54) is 0 Å². The molecule has 0 aromatic heterocycles. The third-order valence-electron chi connectivity index (χ3n) is 6.16. The lowest BCUT2D eigenvalue weighted by Crippen LogP contribution is -2.56. The molecule has 9 heteroatoms. The fraction of sp³-hybridized carbons (Fsp3) is 0.778. The highest BCUT2D eigenvalue weighted by atomic mass is 16.6. The molecule has 3 atom stereocenters. The maximum absolute atomic E-state index is 14.0. The highest BCUT2D eigenvalue weighted by molar-refractivity contribution is 6.26. The Bertz CT molecular complexity index is 787. The predicted molar refractivity (Wildman–Crippen MR) is 140 cm³/mol. The number of hydrogen-bond donors (Lipinski definition) is 3. The van der Waals surface area contributed by atoms with E-state index in [4.69, 9.17) is 21.9 Å². The highest BCUT2D eigenvalue weighted by Crippen LogP contribution is 2.37. The van der Waals surface area contributed by atoms with Gasteiger partial charge in [-0.3, -0.25) is 14.4 Å². The summed E-state index contributed by atoms with van der Waals surface area (Å²) in [5.74, 6) is -4.50. The number of hydrogen-bond acceptors (Lipinski definition) is 9.